The van der Waals surface area contributed by atoms with Crippen LogP contribution in [-0.2, 0) is 14.3 Å². The Kier molecular flexibility index (Phi) is 15.4. The number of alkyl carbamates (subject to hydrolysis) is 1. The first-order valence-corrected chi connectivity index (χ1v) is 15.1. The van der Waals surface area contributed by atoms with Crippen LogP contribution in [0.3, 0.4) is 0 Å². The average Bonchev–Trinajstić information content (AvgIpc) is 2.82. The van der Waals surface area contributed by atoms with Crippen molar-refractivity contribution < 1.29 is 19.1 Å². The summed E-state index contributed by atoms with van der Waals surface area (Å²) in [6.45, 7) is 12.6. The van der Waals surface area contributed by atoms with E-state index in [-0.39, 0.29) is 11.8 Å². The molecule has 3 amide bonds. The van der Waals surface area contributed by atoms with Gasteiger partial charge in [-0.3, -0.25) is 9.59 Å². The minimum atomic E-state index is -0.788. The molecular weight excluding hydrogens is 486 g/mol. The molecule has 8 heteroatoms. The van der Waals surface area contributed by atoms with Gasteiger partial charge in [-0.2, -0.15) is 11.8 Å². The summed E-state index contributed by atoms with van der Waals surface area (Å²) in [6, 6.07) is 6.21. The lowest BCUT2D eigenvalue weighted by Crippen LogP contribution is -2.53. The highest BCUT2D eigenvalue weighted by molar-refractivity contribution is 7.98. The molecule has 210 valence electrons. The summed E-state index contributed by atoms with van der Waals surface area (Å²) in [4.78, 5) is 42.0. The van der Waals surface area contributed by atoms with Gasteiger partial charge in [-0.05, 0) is 64.5 Å². The largest absolute Gasteiger partial charge is 0.444 e. The lowest BCUT2D eigenvalue weighted by atomic mass is 10.00. The molecule has 2 N–H and O–H groups in total. The third kappa shape index (κ3) is 12.7. The van der Waals surface area contributed by atoms with E-state index in [1.54, 1.807) is 37.4 Å². The Morgan fingerprint density at radius 2 is 1.73 bits per heavy atom. The van der Waals surface area contributed by atoms with E-state index < -0.39 is 23.8 Å². The van der Waals surface area contributed by atoms with Gasteiger partial charge in [0.25, 0.3) is 0 Å². The van der Waals surface area contributed by atoms with Gasteiger partial charge in [-0.25, -0.2) is 4.79 Å². The number of benzene rings is 1. The van der Waals surface area contributed by atoms with Crippen LogP contribution in [0.4, 0.5) is 4.79 Å². The molecule has 37 heavy (non-hydrogen) atoms. The van der Waals surface area contributed by atoms with Crippen molar-refractivity contribution >= 4 is 29.7 Å². The fourth-order valence-electron chi connectivity index (χ4n) is 4.04. The Morgan fingerprint density at radius 1 is 1.05 bits per heavy atom. The molecular formula is C29H49N3O4S. The van der Waals surface area contributed by atoms with Crippen molar-refractivity contribution in [2.24, 2.45) is 0 Å². The fraction of sp³-hybridized carbons (Fsp3) is 0.690. The van der Waals surface area contributed by atoms with Gasteiger partial charge >= 0.3 is 6.09 Å². The second kappa shape index (κ2) is 17.3. The highest BCUT2D eigenvalue weighted by Gasteiger charge is 2.35. The molecule has 2 atom stereocenters. The third-order valence-electron chi connectivity index (χ3n) is 5.88. The number of hydrogen-bond acceptors (Lipinski definition) is 5. The quantitative estimate of drug-likeness (QED) is 0.253. The van der Waals surface area contributed by atoms with Crippen molar-refractivity contribution in [3.8, 4) is 0 Å². The highest BCUT2D eigenvalue weighted by atomic mass is 32.2. The third-order valence-corrected chi connectivity index (χ3v) is 6.53. The molecule has 0 fully saturated rings. The molecule has 0 aliphatic carbocycles. The minimum Gasteiger partial charge on any atom is -0.444 e. The molecule has 0 radical (unpaired) electrons. The first-order chi connectivity index (χ1) is 17.5. The Bertz CT molecular complexity index is 841. The van der Waals surface area contributed by atoms with Crippen molar-refractivity contribution in [1.82, 2.24) is 15.5 Å². The number of carbonyl (C=O) groups is 3. The summed E-state index contributed by atoms with van der Waals surface area (Å²) in [7, 11) is 0. The van der Waals surface area contributed by atoms with Gasteiger partial charge in [0.1, 0.15) is 17.7 Å². The number of amides is 3. The van der Waals surface area contributed by atoms with Crippen LogP contribution in [0.2, 0.25) is 0 Å². The molecule has 1 aromatic carbocycles. The molecule has 0 saturated heterocycles. The number of nitrogens with one attached hydrogen (secondary N) is 2. The predicted octanol–water partition coefficient (Wildman–Crippen LogP) is 6.01. The summed E-state index contributed by atoms with van der Waals surface area (Å²) >= 11 is 1.61. The number of thioether (sulfide) groups is 1. The maximum Gasteiger partial charge on any atom is 0.408 e. The van der Waals surface area contributed by atoms with Crippen LogP contribution in [0.15, 0.2) is 24.3 Å². The highest BCUT2D eigenvalue weighted by Crippen LogP contribution is 2.25. The summed E-state index contributed by atoms with van der Waals surface area (Å²) in [6.07, 6.45) is 7.48. The normalized spacial score (nSPS) is 12.9. The first kappa shape index (κ1) is 32.8. The Hall–Kier alpha value is -2.22. The molecule has 1 aromatic rings. The van der Waals surface area contributed by atoms with Crippen molar-refractivity contribution in [3.63, 3.8) is 0 Å². The van der Waals surface area contributed by atoms with Crippen LogP contribution in [0, 0.1) is 6.92 Å². The second-order valence-electron chi connectivity index (χ2n) is 10.5. The van der Waals surface area contributed by atoms with Gasteiger partial charge in [0.2, 0.25) is 11.8 Å². The van der Waals surface area contributed by atoms with Crippen LogP contribution in [0.25, 0.3) is 0 Å². The van der Waals surface area contributed by atoms with Crippen LogP contribution in [0.1, 0.15) is 96.7 Å². The molecule has 0 aliphatic heterocycles. The fourth-order valence-corrected chi connectivity index (χ4v) is 4.51. The lowest BCUT2D eigenvalue weighted by molar-refractivity contribution is -0.142. The number of aryl methyl sites for hydroxylation is 1. The monoisotopic (exact) mass is 535 g/mol. The molecule has 1 rings (SSSR count). The van der Waals surface area contributed by atoms with E-state index in [4.69, 9.17) is 4.74 Å². The van der Waals surface area contributed by atoms with E-state index in [9.17, 15) is 14.4 Å². The second-order valence-corrected chi connectivity index (χ2v) is 11.5. The molecule has 0 saturated carbocycles. The minimum absolute atomic E-state index is 0.188. The van der Waals surface area contributed by atoms with Crippen LogP contribution < -0.4 is 10.6 Å². The maximum atomic E-state index is 14.1. The Labute approximate surface area is 228 Å². The van der Waals surface area contributed by atoms with Gasteiger partial charge in [-0.1, -0.05) is 69.4 Å². The molecule has 2 unspecified atom stereocenters. The van der Waals surface area contributed by atoms with E-state index in [1.807, 2.05) is 37.4 Å². The number of rotatable bonds is 16. The topological polar surface area (TPSA) is 87.7 Å². The summed E-state index contributed by atoms with van der Waals surface area (Å²) in [5, 5.41) is 5.86. The van der Waals surface area contributed by atoms with Gasteiger partial charge in [0.15, 0.2) is 0 Å². The van der Waals surface area contributed by atoms with Gasteiger partial charge in [0.05, 0.1) is 0 Å². The zero-order valence-corrected chi connectivity index (χ0v) is 24.8. The SMILES string of the molecule is CCCCCNC(=O)C(c1cccc(C)c1)N(CCCCC)C(=O)C(CCSC)NC(=O)OC(C)(C)C. The standard InChI is InChI=1S/C29H49N3O4S/c1-8-10-12-18-30-26(33)25(23-16-14-15-22(3)21-23)32(19-13-11-9-2)27(34)24(17-20-37-7)31-28(35)36-29(4,5)6/h14-16,21,24-25H,8-13,17-20H2,1-7H3,(H,30,33)(H,31,35). The Balaban J connectivity index is 3.38. The average molecular weight is 536 g/mol. The van der Waals surface area contributed by atoms with Gasteiger partial charge in [0, 0.05) is 13.1 Å². The van der Waals surface area contributed by atoms with E-state index in [2.05, 4.69) is 24.5 Å². The van der Waals surface area contributed by atoms with E-state index in [0.29, 0.717) is 25.3 Å². The number of ether oxygens (including phenoxy) is 1. The molecule has 0 aromatic heterocycles. The molecule has 0 heterocycles. The molecule has 0 aliphatic rings. The van der Waals surface area contributed by atoms with Gasteiger partial charge in [-0.15, -0.1) is 0 Å². The number of nitrogens with zero attached hydrogens (tertiary/aromatic N) is 1. The van der Waals surface area contributed by atoms with Crippen LogP contribution >= 0.6 is 11.8 Å². The van der Waals surface area contributed by atoms with Gasteiger partial charge < -0.3 is 20.3 Å². The van der Waals surface area contributed by atoms with Crippen molar-refractivity contribution in [2.75, 3.05) is 25.1 Å². The molecule has 0 spiro atoms. The van der Waals surface area contributed by atoms with E-state index >= 15 is 0 Å². The predicted molar refractivity (Wildman–Crippen MR) is 154 cm³/mol. The maximum absolute atomic E-state index is 14.1. The number of hydrogen-bond donors (Lipinski definition) is 2. The first-order valence-electron chi connectivity index (χ1n) is 13.7. The van der Waals surface area contributed by atoms with E-state index in [1.165, 1.54) is 0 Å². The lowest BCUT2D eigenvalue weighted by Gasteiger charge is -2.34. The summed E-state index contributed by atoms with van der Waals surface area (Å²) < 4.78 is 5.45. The van der Waals surface area contributed by atoms with Crippen LogP contribution in [0.5, 0.6) is 0 Å². The van der Waals surface area contributed by atoms with E-state index in [0.717, 1.165) is 49.7 Å². The van der Waals surface area contributed by atoms with Crippen LogP contribution in [-0.4, -0.2) is 59.5 Å². The van der Waals surface area contributed by atoms with Crippen molar-refractivity contribution in [3.05, 3.63) is 35.4 Å². The van der Waals surface area contributed by atoms with Crippen molar-refractivity contribution in [2.45, 2.75) is 104 Å². The molecule has 7 nitrogen and oxygen atoms in total. The smallest absolute Gasteiger partial charge is 0.408 e. The number of carbonyl (C=O) groups excluding carboxylic acids is 3. The zero-order valence-electron chi connectivity index (χ0n) is 24.0. The Morgan fingerprint density at radius 3 is 2.32 bits per heavy atom. The summed E-state index contributed by atoms with van der Waals surface area (Å²) in [5.41, 5.74) is 1.12. The number of unbranched alkanes of at least 4 members (excludes halogenated alkanes) is 4. The van der Waals surface area contributed by atoms with Crippen molar-refractivity contribution in [1.29, 1.82) is 0 Å². The summed E-state index contributed by atoms with van der Waals surface area (Å²) in [5.74, 6) is 0.242. The molecule has 0 bridgehead atoms. The zero-order chi connectivity index (χ0) is 27.8.